The molecule has 1 amide bonds. The molecule has 6 heteroatoms. The highest BCUT2D eigenvalue weighted by molar-refractivity contribution is 5.92. The number of anilines is 1. The van der Waals surface area contributed by atoms with Crippen LogP contribution in [-0.4, -0.2) is 32.2 Å². The molecule has 1 fully saturated rings. The van der Waals surface area contributed by atoms with Crippen LogP contribution >= 0.6 is 0 Å². The Morgan fingerprint density at radius 2 is 1.89 bits per heavy atom. The highest BCUT2D eigenvalue weighted by atomic mass is 19.1. The summed E-state index contributed by atoms with van der Waals surface area (Å²) in [5, 5.41) is 2.73. The Bertz CT molecular complexity index is 833. The molecule has 1 aliphatic heterocycles. The van der Waals surface area contributed by atoms with E-state index in [0.29, 0.717) is 24.3 Å². The van der Waals surface area contributed by atoms with Crippen molar-refractivity contribution in [2.75, 3.05) is 31.2 Å². The molecule has 0 aromatic heterocycles. The first-order valence-electron chi connectivity index (χ1n) is 8.90. The van der Waals surface area contributed by atoms with Crippen LogP contribution in [0.3, 0.4) is 0 Å². The van der Waals surface area contributed by atoms with Gasteiger partial charge in [-0.15, -0.1) is 0 Å². The third-order valence-electron chi connectivity index (χ3n) is 4.50. The number of nitrogens with one attached hydrogen (secondary N) is 1. The summed E-state index contributed by atoms with van der Waals surface area (Å²) in [6.45, 7) is 4.49. The molecule has 3 rings (SSSR count). The van der Waals surface area contributed by atoms with E-state index in [9.17, 15) is 13.6 Å². The number of amides is 1. The van der Waals surface area contributed by atoms with E-state index < -0.39 is 17.8 Å². The zero-order valence-corrected chi connectivity index (χ0v) is 15.1. The number of morpholine rings is 1. The van der Waals surface area contributed by atoms with Crippen LogP contribution in [0.4, 0.5) is 14.5 Å². The summed E-state index contributed by atoms with van der Waals surface area (Å²) < 4.78 is 33.2. The van der Waals surface area contributed by atoms with E-state index in [4.69, 9.17) is 4.74 Å². The van der Waals surface area contributed by atoms with Crippen molar-refractivity contribution < 1.29 is 18.3 Å². The van der Waals surface area contributed by atoms with Crippen LogP contribution in [0.1, 0.15) is 24.1 Å². The molecule has 1 unspecified atom stereocenters. The maximum atomic E-state index is 14.3. The first-order chi connectivity index (χ1) is 13.0. The van der Waals surface area contributed by atoms with Gasteiger partial charge in [0.25, 0.3) is 0 Å². The molecule has 0 spiro atoms. The number of carbonyl (C=O) groups is 1. The Morgan fingerprint density at radius 1 is 1.15 bits per heavy atom. The number of halogens is 2. The van der Waals surface area contributed by atoms with Crippen LogP contribution in [-0.2, 0) is 9.53 Å². The van der Waals surface area contributed by atoms with E-state index in [0.717, 1.165) is 18.8 Å². The summed E-state index contributed by atoms with van der Waals surface area (Å²) in [7, 11) is 0. The molecule has 27 heavy (non-hydrogen) atoms. The second kappa shape index (κ2) is 8.77. The minimum Gasteiger partial charge on any atom is -0.378 e. The Hall–Kier alpha value is -2.73. The van der Waals surface area contributed by atoms with Gasteiger partial charge in [0.05, 0.1) is 19.3 Å². The van der Waals surface area contributed by atoms with Crippen molar-refractivity contribution in [3.05, 3.63) is 71.3 Å². The summed E-state index contributed by atoms with van der Waals surface area (Å²) in [6, 6.07) is 10.6. The van der Waals surface area contributed by atoms with E-state index in [1.54, 1.807) is 37.3 Å². The van der Waals surface area contributed by atoms with Crippen molar-refractivity contribution in [2.45, 2.75) is 13.0 Å². The lowest BCUT2D eigenvalue weighted by molar-refractivity contribution is -0.117. The predicted octanol–water partition coefficient (Wildman–Crippen LogP) is 3.69. The SMILES string of the molecule is CC(NC(=O)/C=C/c1ccccc1F)c1cc(N2CCOCC2)ccc1F. The zero-order valence-electron chi connectivity index (χ0n) is 15.1. The molecule has 4 nitrogen and oxygen atoms in total. The molecule has 1 N–H and O–H groups in total. The van der Waals surface area contributed by atoms with Crippen molar-refractivity contribution in [2.24, 2.45) is 0 Å². The van der Waals surface area contributed by atoms with Crippen LogP contribution in [0.15, 0.2) is 48.5 Å². The number of rotatable bonds is 5. The van der Waals surface area contributed by atoms with Crippen LogP contribution in [0.25, 0.3) is 6.08 Å². The van der Waals surface area contributed by atoms with Crippen molar-refractivity contribution in [1.29, 1.82) is 0 Å². The molecule has 1 saturated heterocycles. The molecule has 1 aliphatic rings. The zero-order chi connectivity index (χ0) is 19.2. The lowest BCUT2D eigenvalue weighted by Crippen LogP contribution is -2.36. The standard InChI is InChI=1S/C21H22F2N2O2/c1-15(24-21(26)9-6-16-4-2-3-5-19(16)22)18-14-17(7-8-20(18)23)25-10-12-27-13-11-25/h2-9,14-15H,10-13H2,1H3,(H,24,26)/b9-6+. The molecule has 0 radical (unpaired) electrons. The average Bonchev–Trinajstić information content (AvgIpc) is 2.68. The highest BCUT2D eigenvalue weighted by Gasteiger charge is 2.17. The number of ether oxygens (including phenoxy) is 1. The van der Waals surface area contributed by atoms with Crippen molar-refractivity contribution >= 4 is 17.7 Å². The van der Waals surface area contributed by atoms with Gasteiger partial charge in [-0.05, 0) is 37.3 Å². The van der Waals surface area contributed by atoms with E-state index in [-0.39, 0.29) is 5.82 Å². The molecule has 0 aliphatic carbocycles. The largest absolute Gasteiger partial charge is 0.378 e. The van der Waals surface area contributed by atoms with Gasteiger partial charge in [0.15, 0.2) is 0 Å². The van der Waals surface area contributed by atoms with Crippen LogP contribution in [0.2, 0.25) is 0 Å². The van der Waals surface area contributed by atoms with Crippen molar-refractivity contribution in [3.63, 3.8) is 0 Å². The van der Waals surface area contributed by atoms with E-state index in [1.165, 1.54) is 24.3 Å². The Labute approximate surface area is 157 Å². The monoisotopic (exact) mass is 372 g/mol. The van der Waals surface area contributed by atoms with Crippen molar-refractivity contribution in [3.8, 4) is 0 Å². The van der Waals surface area contributed by atoms with E-state index in [2.05, 4.69) is 10.2 Å². The maximum absolute atomic E-state index is 14.3. The van der Waals surface area contributed by atoms with Gasteiger partial charge in [-0.3, -0.25) is 4.79 Å². The number of benzene rings is 2. The lowest BCUT2D eigenvalue weighted by atomic mass is 10.1. The Kier molecular flexibility index (Phi) is 6.19. The van der Waals surface area contributed by atoms with Crippen molar-refractivity contribution in [1.82, 2.24) is 5.32 Å². The first kappa shape index (κ1) is 19.0. The molecular formula is C21H22F2N2O2. The van der Waals surface area contributed by atoms with Gasteiger partial charge in [0.1, 0.15) is 11.6 Å². The molecule has 142 valence electrons. The third kappa shape index (κ3) is 4.92. The van der Waals surface area contributed by atoms with Gasteiger partial charge in [-0.25, -0.2) is 8.78 Å². The molecule has 0 saturated carbocycles. The van der Waals surface area contributed by atoms with E-state index in [1.807, 2.05) is 0 Å². The fourth-order valence-corrected chi connectivity index (χ4v) is 3.00. The minimum atomic E-state index is -0.524. The molecular weight excluding hydrogens is 350 g/mol. The predicted molar refractivity (Wildman–Crippen MR) is 101 cm³/mol. The van der Waals surface area contributed by atoms with Gasteiger partial charge in [-0.1, -0.05) is 18.2 Å². The fourth-order valence-electron chi connectivity index (χ4n) is 3.00. The van der Waals surface area contributed by atoms with Crippen LogP contribution in [0, 0.1) is 11.6 Å². The second-order valence-corrected chi connectivity index (χ2v) is 6.39. The first-order valence-corrected chi connectivity index (χ1v) is 8.90. The molecule has 2 aromatic carbocycles. The summed E-state index contributed by atoms with van der Waals surface area (Å²) in [6.07, 6.45) is 2.65. The summed E-state index contributed by atoms with van der Waals surface area (Å²) >= 11 is 0. The number of nitrogens with zero attached hydrogens (tertiary/aromatic N) is 1. The highest BCUT2D eigenvalue weighted by Crippen LogP contribution is 2.24. The van der Waals surface area contributed by atoms with Gasteiger partial charge in [0.2, 0.25) is 5.91 Å². The second-order valence-electron chi connectivity index (χ2n) is 6.39. The average molecular weight is 372 g/mol. The summed E-state index contributed by atoms with van der Waals surface area (Å²) in [5.41, 5.74) is 1.63. The quantitative estimate of drug-likeness (QED) is 0.814. The summed E-state index contributed by atoms with van der Waals surface area (Å²) in [5.74, 6) is -1.20. The van der Waals surface area contributed by atoms with Gasteiger partial charge in [0, 0.05) is 36.0 Å². The molecule has 1 heterocycles. The maximum Gasteiger partial charge on any atom is 0.244 e. The number of hydrogen-bond donors (Lipinski definition) is 1. The number of hydrogen-bond acceptors (Lipinski definition) is 3. The topological polar surface area (TPSA) is 41.6 Å². The summed E-state index contributed by atoms with van der Waals surface area (Å²) in [4.78, 5) is 14.3. The smallest absolute Gasteiger partial charge is 0.244 e. The molecule has 1 atom stereocenters. The van der Waals surface area contributed by atoms with Gasteiger partial charge in [-0.2, -0.15) is 0 Å². The fraction of sp³-hybridized carbons (Fsp3) is 0.286. The van der Waals surface area contributed by atoms with Gasteiger partial charge >= 0.3 is 0 Å². The molecule has 0 bridgehead atoms. The van der Waals surface area contributed by atoms with E-state index >= 15 is 0 Å². The third-order valence-corrected chi connectivity index (χ3v) is 4.50. The lowest BCUT2D eigenvalue weighted by Gasteiger charge is -2.29. The Balaban J connectivity index is 1.68. The van der Waals surface area contributed by atoms with Gasteiger partial charge < -0.3 is 15.0 Å². The normalized spacial score (nSPS) is 15.7. The number of carbonyl (C=O) groups excluding carboxylic acids is 1. The van der Waals surface area contributed by atoms with Crippen LogP contribution < -0.4 is 10.2 Å². The Morgan fingerprint density at radius 3 is 2.63 bits per heavy atom. The minimum absolute atomic E-state index is 0.320. The van der Waals surface area contributed by atoms with Crippen LogP contribution in [0.5, 0.6) is 0 Å². The molecule has 2 aromatic rings.